The van der Waals surface area contributed by atoms with Crippen molar-refractivity contribution in [1.82, 2.24) is 29.5 Å². The van der Waals surface area contributed by atoms with E-state index in [-0.39, 0.29) is 30.2 Å². The average Bonchev–Trinajstić information content (AvgIpc) is 3.38. The first-order chi connectivity index (χ1) is 14.1. The van der Waals surface area contributed by atoms with E-state index >= 15 is 0 Å². The Morgan fingerprint density at radius 1 is 1.37 bits per heavy atom. The van der Waals surface area contributed by atoms with Crippen LogP contribution in [-0.4, -0.2) is 64.0 Å². The molecule has 1 saturated heterocycles. The Hall–Kier alpha value is -2.27. The van der Waals surface area contributed by atoms with Crippen LogP contribution in [0.25, 0.3) is 0 Å². The molecule has 0 radical (unpaired) electrons. The summed E-state index contributed by atoms with van der Waals surface area (Å²) in [6.45, 7) is 8.35. The molecule has 1 unspecified atom stereocenters. The maximum Gasteiger partial charge on any atom is 0.244 e. The summed E-state index contributed by atoms with van der Waals surface area (Å²) in [5.74, 6) is 1.09. The Balaban J connectivity index is 1.56. The fourth-order valence-corrected chi connectivity index (χ4v) is 5.74. The number of amides is 1. The number of aryl methyl sites for hydroxylation is 3. The highest BCUT2D eigenvalue weighted by Gasteiger charge is 2.58. The second-order valence-corrected chi connectivity index (χ2v) is 10.6. The number of nitrogens with zero attached hydrogens (tertiary/aromatic N) is 5. The second kappa shape index (κ2) is 7.45. The second-order valence-electron chi connectivity index (χ2n) is 8.52. The molecule has 2 aromatic heterocycles. The van der Waals surface area contributed by atoms with Gasteiger partial charge in [-0.3, -0.25) is 9.48 Å². The van der Waals surface area contributed by atoms with Crippen LogP contribution in [0, 0.1) is 26.7 Å². The molecule has 4 rings (SSSR count). The number of hydrogen-bond acceptors (Lipinski definition) is 7. The number of carbonyl (C=O) groups is 1. The van der Waals surface area contributed by atoms with Crippen LogP contribution in [0.3, 0.4) is 0 Å². The molecule has 0 spiro atoms. The van der Waals surface area contributed by atoms with E-state index < -0.39 is 15.4 Å². The number of carbonyl (C=O) groups excluding carboxylic acids is 1. The zero-order chi connectivity index (χ0) is 21.7. The molecule has 2 fully saturated rings. The molecule has 0 aromatic carbocycles. The smallest absolute Gasteiger partial charge is 0.244 e. The standard InChI is InChI=1S/C19H28N6O4S/c1-5-30(27,28)23-16-7-15-9-24(17(26)10-25-13(3)6-12(2)21-25)11-19(15,8-16)18-20-14(4)22-29-18/h6,15-16,23H,5,7-11H2,1-4H3/t15?,16-,19+/m1/s1. The molecule has 10 nitrogen and oxygen atoms in total. The highest BCUT2D eigenvalue weighted by atomic mass is 32.2. The van der Waals surface area contributed by atoms with E-state index in [0.717, 1.165) is 11.4 Å². The maximum atomic E-state index is 13.0. The van der Waals surface area contributed by atoms with Gasteiger partial charge in [0.1, 0.15) is 6.54 Å². The van der Waals surface area contributed by atoms with Crippen LogP contribution in [0.2, 0.25) is 0 Å². The third-order valence-corrected chi connectivity index (χ3v) is 7.75. The van der Waals surface area contributed by atoms with E-state index in [0.29, 0.717) is 37.6 Å². The Morgan fingerprint density at radius 2 is 2.13 bits per heavy atom. The topological polar surface area (TPSA) is 123 Å². The fraction of sp³-hybridized carbons (Fsp3) is 0.684. The van der Waals surface area contributed by atoms with Crippen molar-refractivity contribution in [2.24, 2.45) is 5.92 Å². The number of nitrogens with one attached hydrogen (secondary N) is 1. The van der Waals surface area contributed by atoms with Crippen LogP contribution in [-0.2, 0) is 26.8 Å². The molecule has 1 N–H and O–H groups in total. The summed E-state index contributed by atoms with van der Waals surface area (Å²) >= 11 is 0. The van der Waals surface area contributed by atoms with Crippen molar-refractivity contribution in [1.29, 1.82) is 0 Å². The Bertz CT molecular complexity index is 1060. The van der Waals surface area contributed by atoms with E-state index in [9.17, 15) is 13.2 Å². The molecule has 0 bridgehead atoms. The molecule has 3 atom stereocenters. The summed E-state index contributed by atoms with van der Waals surface area (Å²) in [5, 5.41) is 8.33. The van der Waals surface area contributed by atoms with Gasteiger partial charge in [0.15, 0.2) is 5.82 Å². The normalized spacial score (nSPS) is 26.3. The minimum Gasteiger partial charge on any atom is -0.340 e. The lowest BCUT2D eigenvalue weighted by Crippen LogP contribution is -2.40. The first-order valence-corrected chi connectivity index (χ1v) is 11.9. The quantitative estimate of drug-likeness (QED) is 0.707. The Morgan fingerprint density at radius 3 is 2.73 bits per heavy atom. The first-order valence-electron chi connectivity index (χ1n) is 10.2. The van der Waals surface area contributed by atoms with Crippen LogP contribution in [0.1, 0.15) is 42.9 Å². The molecular formula is C19H28N6O4S. The molecule has 11 heteroatoms. The van der Waals surface area contributed by atoms with Crippen molar-refractivity contribution in [2.45, 2.75) is 58.5 Å². The number of aromatic nitrogens is 4. The minimum absolute atomic E-state index is 0.0168. The third-order valence-electron chi connectivity index (χ3n) is 6.30. The van der Waals surface area contributed by atoms with Crippen LogP contribution >= 0.6 is 0 Å². The van der Waals surface area contributed by atoms with Gasteiger partial charge in [-0.2, -0.15) is 10.1 Å². The van der Waals surface area contributed by atoms with Crippen molar-refractivity contribution in [2.75, 3.05) is 18.8 Å². The number of likely N-dealkylation sites (tertiary alicyclic amines) is 1. The Labute approximate surface area is 176 Å². The van der Waals surface area contributed by atoms with Gasteiger partial charge in [-0.15, -0.1) is 0 Å². The molecule has 164 valence electrons. The molecule has 1 saturated carbocycles. The number of fused-ring (bicyclic) bond motifs is 1. The third kappa shape index (κ3) is 3.76. The van der Waals surface area contributed by atoms with Gasteiger partial charge in [0.2, 0.25) is 21.8 Å². The number of hydrogen-bond donors (Lipinski definition) is 1. The van der Waals surface area contributed by atoms with Gasteiger partial charge < -0.3 is 9.42 Å². The lowest BCUT2D eigenvalue weighted by Gasteiger charge is -2.25. The summed E-state index contributed by atoms with van der Waals surface area (Å²) in [7, 11) is -3.32. The van der Waals surface area contributed by atoms with Gasteiger partial charge in [0, 0.05) is 24.8 Å². The number of sulfonamides is 1. The number of rotatable bonds is 6. The van der Waals surface area contributed by atoms with Crippen molar-refractivity contribution in [3.05, 3.63) is 29.2 Å². The van der Waals surface area contributed by atoms with Gasteiger partial charge in [-0.05, 0) is 52.5 Å². The lowest BCUT2D eigenvalue weighted by molar-refractivity contribution is -0.131. The maximum absolute atomic E-state index is 13.0. The lowest BCUT2D eigenvalue weighted by atomic mass is 9.80. The average molecular weight is 437 g/mol. The Kier molecular flexibility index (Phi) is 5.21. The van der Waals surface area contributed by atoms with E-state index in [4.69, 9.17) is 4.52 Å². The molecular weight excluding hydrogens is 408 g/mol. The predicted molar refractivity (Wildman–Crippen MR) is 108 cm³/mol. The molecule has 1 aliphatic heterocycles. The highest BCUT2D eigenvalue weighted by molar-refractivity contribution is 7.89. The van der Waals surface area contributed by atoms with Gasteiger partial charge >= 0.3 is 0 Å². The van der Waals surface area contributed by atoms with Gasteiger partial charge in [0.05, 0.1) is 16.9 Å². The predicted octanol–water partition coefficient (Wildman–Crippen LogP) is 0.689. The van der Waals surface area contributed by atoms with Crippen molar-refractivity contribution in [3.8, 4) is 0 Å². The molecule has 3 heterocycles. The van der Waals surface area contributed by atoms with Crippen molar-refractivity contribution in [3.63, 3.8) is 0 Å². The minimum atomic E-state index is -3.32. The first kappa shape index (κ1) is 21.0. The van der Waals surface area contributed by atoms with E-state index in [1.54, 1.807) is 18.5 Å². The SMILES string of the molecule is CCS(=O)(=O)N[C@@H]1CC2CN(C(=O)Cn3nc(C)cc3C)C[C@@]2(c2nc(C)no2)C1. The highest BCUT2D eigenvalue weighted by Crippen LogP contribution is 2.50. The molecule has 2 aliphatic rings. The van der Waals surface area contributed by atoms with E-state index in [2.05, 4.69) is 20.0 Å². The molecule has 1 aliphatic carbocycles. The van der Waals surface area contributed by atoms with E-state index in [1.807, 2.05) is 24.8 Å². The van der Waals surface area contributed by atoms with Crippen LogP contribution < -0.4 is 4.72 Å². The van der Waals surface area contributed by atoms with E-state index in [1.165, 1.54) is 0 Å². The van der Waals surface area contributed by atoms with Crippen LogP contribution in [0.5, 0.6) is 0 Å². The van der Waals surface area contributed by atoms with Gasteiger partial charge in [0.25, 0.3) is 0 Å². The largest absolute Gasteiger partial charge is 0.340 e. The summed E-state index contributed by atoms with van der Waals surface area (Å²) in [6.07, 6.45) is 1.16. The molecule has 2 aromatic rings. The zero-order valence-electron chi connectivity index (χ0n) is 17.8. The van der Waals surface area contributed by atoms with Crippen LogP contribution in [0.15, 0.2) is 10.6 Å². The molecule has 1 amide bonds. The van der Waals surface area contributed by atoms with Crippen LogP contribution in [0.4, 0.5) is 0 Å². The van der Waals surface area contributed by atoms with Crippen molar-refractivity contribution < 1.29 is 17.7 Å². The summed E-state index contributed by atoms with van der Waals surface area (Å²) in [6, 6.07) is 1.74. The fourth-order valence-electron chi connectivity index (χ4n) is 4.88. The summed E-state index contributed by atoms with van der Waals surface area (Å²) in [4.78, 5) is 19.3. The summed E-state index contributed by atoms with van der Waals surface area (Å²) < 4.78 is 34.2. The van der Waals surface area contributed by atoms with Gasteiger partial charge in [-0.1, -0.05) is 5.16 Å². The molecule has 30 heavy (non-hydrogen) atoms. The summed E-state index contributed by atoms with van der Waals surface area (Å²) in [5.41, 5.74) is 1.28. The monoisotopic (exact) mass is 436 g/mol. The zero-order valence-corrected chi connectivity index (χ0v) is 18.6. The van der Waals surface area contributed by atoms with Gasteiger partial charge in [-0.25, -0.2) is 13.1 Å². The van der Waals surface area contributed by atoms with Crippen molar-refractivity contribution >= 4 is 15.9 Å².